The zero-order valence-electron chi connectivity index (χ0n) is 9.20. The van der Waals surface area contributed by atoms with Gasteiger partial charge in [0.05, 0.1) is 17.7 Å². The summed E-state index contributed by atoms with van der Waals surface area (Å²) in [5.74, 6) is 0.0919. The monoisotopic (exact) mass is 249 g/mol. The third kappa shape index (κ3) is 2.76. The van der Waals surface area contributed by atoms with Gasteiger partial charge in [0, 0.05) is 12.4 Å². The lowest BCUT2D eigenvalue weighted by atomic mass is 10.3. The van der Waals surface area contributed by atoms with Crippen molar-refractivity contribution in [1.29, 1.82) is 0 Å². The average molecular weight is 249 g/mol. The molecule has 0 aliphatic rings. The lowest BCUT2D eigenvalue weighted by molar-refractivity contribution is 0.0776. The Labute approximate surface area is 102 Å². The second kappa shape index (κ2) is 4.88. The van der Waals surface area contributed by atoms with Crippen LogP contribution in [0.5, 0.6) is 0 Å². The highest BCUT2D eigenvalue weighted by atomic mass is 32.1. The minimum absolute atomic E-state index is 0.203. The number of anilines is 1. The molecule has 17 heavy (non-hydrogen) atoms. The summed E-state index contributed by atoms with van der Waals surface area (Å²) in [5, 5.41) is 9.29. The number of amides is 1. The maximum absolute atomic E-state index is 11.9. The van der Waals surface area contributed by atoms with Crippen molar-refractivity contribution in [2.75, 3.05) is 12.8 Å². The summed E-state index contributed by atoms with van der Waals surface area (Å²) in [7, 11) is 1.69. The highest BCUT2D eigenvalue weighted by Crippen LogP contribution is 2.07. The zero-order chi connectivity index (χ0) is 12.3. The minimum Gasteiger partial charge on any atom is -0.382 e. The molecule has 2 aromatic heterocycles. The number of nitrogens with two attached hydrogens (primary N) is 1. The fourth-order valence-electron chi connectivity index (χ4n) is 1.28. The van der Waals surface area contributed by atoms with E-state index >= 15 is 0 Å². The van der Waals surface area contributed by atoms with Gasteiger partial charge in [-0.15, -0.1) is 21.5 Å². The molecule has 1 amide bonds. The van der Waals surface area contributed by atoms with Crippen molar-refractivity contribution >= 4 is 23.1 Å². The molecule has 2 rings (SSSR count). The third-order valence-corrected chi connectivity index (χ3v) is 2.77. The summed E-state index contributed by atoms with van der Waals surface area (Å²) < 4.78 is 0. The molecular formula is C10H11N5OS. The SMILES string of the molecule is CN(Cc1cscn1)C(=O)c1ccc(N)nn1. The number of hydrogen-bond acceptors (Lipinski definition) is 6. The van der Waals surface area contributed by atoms with Gasteiger partial charge >= 0.3 is 0 Å². The molecule has 0 aliphatic heterocycles. The smallest absolute Gasteiger partial charge is 0.274 e. The van der Waals surface area contributed by atoms with Gasteiger partial charge in [-0.2, -0.15) is 0 Å². The van der Waals surface area contributed by atoms with Gasteiger partial charge in [0.15, 0.2) is 5.69 Å². The molecule has 6 nitrogen and oxygen atoms in total. The van der Waals surface area contributed by atoms with Gasteiger partial charge in [0.25, 0.3) is 5.91 Å². The molecular weight excluding hydrogens is 238 g/mol. The van der Waals surface area contributed by atoms with Crippen LogP contribution < -0.4 is 5.73 Å². The van der Waals surface area contributed by atoms with Crippen molar-refractivity contribution in [3.8, 4) is 0 Å². The molecule has 88 valence electrons. The van der Waals surface area contributed by atoms with E-state index < -0.39 is 0 Å². The van der Waals surface area contributed by atoms with Crippen molar-refractivity contribution in [2.24, 2.45) is 0 Å². The third-order valence-electron chi connectivity index (χ3n) is 2.13. The molecule has 7 heteroatoms. The molecule has 0 radical (unpaired) electrons. The summed E-state index contributed by atoms with van der Waals surface area (Å²) in [6, 6.07) is 3.11. The number of carbonyl (C=O) groups excluding carboxylic acids is 1. The Morgan fingerprint density at radius 1 is 1.47 bits per heavy atom. The zero-order valence-corrected chi connectivity index (χ0v) is 10.0. The Bertz CT molecular complexity index is 496. The molecule has 0 aliphatic carbocycles. The summed E-state index contributed by atoms with van der Waals surface area (Å²) in [6.07, 6.45) is 0. The molecule has 0 atom stereocenters. The van der Waals surface area contributed by atoms with Gasteiger partial charge in [-0.3, -0.25) is 4.79 Å². The minimum atomic E-state index is -0.203. The number of hydrogen-bond donors (Lipinski definition) is 1. The van der Waals surface area contributed by atoms with E-state index in [9.17, 15) is 4.79 Å². The number of thiazole rings is 1. The van der Waals surface area contributed by atoms with E-state index in [0.717, 1.165) is 5.69 Å². The topological polar surface area (TPSA) is 85.0 Å². The van der Waals surface area contributed by atoms with Gasteiger partial charge in [-0.1, -0.05) is 0 Å². The number of aromatic nitrogens is 3. The maximum Gasteiger partial charge on any atom is 0.274 e. The van der Waals surface area contributed by atoms with Crippen molar-refractivity contribution in [2.45, 2.75) is 6.54 Å². The van der Waals surface area contributed by atoms with Gasteiger partial charge < -0.3 is 10.6 Å². The maximum atomic E-state index is 11.9. The van der Waals surface area contributed by atoms with Crippen LogP contribution in [0, 0.1) is 0 Å². The normalized spacial score (nSPS) is 10.2. The first kappa shape index (κ1) is 11.5. The first-order chi connectivity index (χ1) is 8.16. The Hall–Kier alpha value is -2.02. The van der Waals surface area contributed by atoms with Crippen molar-refractivity contribution in [3.05, 3.63) is 34.4 Å². The quantitative estimate of drug-likeness (QED) is 0.869. The first-order valence-corrected chi connectivity index (χ1v) is 5.83. The summed E-state index contributed by atoms with van der Waals surface area (Å²) >= 11 is 1.50. The largest absolute Gasteiger partial charge is 0.382 e. The van der Waals surface area contributed by atoms with E-state index in [0.29, 0.717) is 12.4 Å². The van der Waals surface area contributed by atoms with Crippen LogP contribution in [0.2, 0.25) is 0 Å². The van der Waals surface area contributed by atoms with Crippen LogP contribution in [0.3, 0.4) is 0 Å². The molecule has 2 aromatic rings. The number of rotatable bonds is 3. The fraction of sp³-hybridized carbons (Fsp3) is 0.200. The number of nitrogens with zero attached hydrogens (tertiary/aromatic N) is 4. The molecule has 2 N–H and O–H groups in total. The molecule has 0 unspecified atom stereocenters. The first-order valence-electron chi connectivity index (χ1n) is 4.88. The number of carbonyl (C=O) groups is 1. The second-order valence-corrected chi connectivity index (χ2v) is 4.20. The second-order valence-electron chi connectivity index (χ2n) is 3.48. The fourth-order valence-corrected chi connectivity index (χ4v) is 1.83. The van der Waals surface area contributed by atoms with Gasteiger partial charge in [0.2, 0.25) is 0 Å². The van der Waals surface area contributed by atoms with Gasteiger partial charge in [0.1, 0.15) is 5.82 Å². The lowest BCUT2D eigenvalue weighted by Gasteiger charge is -2.14. The molecule has 0 saturated carbocycles. The highest BCUT2D eigenvalue weighted by molar-refractivity contribution is 7.07. The van der Waals surface area contributed by atoms with E-state index in [4.69, 9.17) is 5.73 Å². The molecule has 2 heterocycles. The van der Waals surface area contributed by atoms with E-state index in [1.54, 1.807) is 24.7 Å². The molecule has 0 fully saturated rings. The van der Waals surface area contributed by atoms with Gasteiger partial charge in [-0.25, -0.2) is 4.98 Å². The van der Waals surface area contributed by atoms with Crippen molar-refractivity contribution in [1.82, 2.24) is 20.1 Å². The lowest BCUT2D eigenvalue weighted by Crippen LogP contribution is -2.27. The van der Waals surface area contributed by atoms with Gasteiger partial charge in [-0.05, 0) is 12.1 Å². The van der Waals surface area contributed by atoms with Crippen LogP contribution in [0.15, 0.2) is 23.0 Å². The predicted molar refractivity (Wildman–Crippen MR) is 64.4 cm³/mol. The van der Waals surface area contributed by atoms with Crippen molar-refractivity contribution in [3.63, 3.8) is 0 Å². The molecule has 0 aromatic carbocycles. The van der Waals surface area contributed by atoms with Crippen LogP contribution in [0.25, 0.3) is 0 Å². The van der Waals surface area contributed by atoms with Crippen LogP contribution in [0.4, 0.5) is 5.82 Å². The molecule has 0 spiro atoms. The summed E-state index contributed by atoms with van der Waals surface area (Å²) in [4.78, 5) is 17.6. The standard InChI is InChI=1S/C10H11N5OS/c1-15(4-7-5-17-6-12-7)10(16)8-2-3-9(11)14-13-8/h2-3,5-6H,4H2,1H3,(H2,11,14). The van der Waals surface area contributed by atoms with Crippen LogP contribution >= 0.6 is 11.3 Å². The Kier molecular flexibility index (Phi) is 3.29. The predicted octanol–water partition coefficient (Wildman–Crippen LogP) is 0.788. The summed E-state index contributed by atoms with van der Waals surface area (Å²) in [6.45, 7) is 0.453. The number of nitrogen functional groups attached to an aromatic ring is 1. The van der Waals surface area contributed by atoms with Crippen LogP contribution in [-0.2, 0) is 6.54 Å². The van der Waals surface area contributed by atoms with Crippen LogP contribution in [0.1, 0.15) is 16.2 Å². The van der Waals surface area contributed by atoms with Crippen molar-refractivity contribution < 1.29 is 4.79 Å². The van der Waals surface area contributed by atoms with E-state index in [1.807, 2.05) is 5.38 Å². The van der Waals surface area contributed by atoms with Crippen LogP contribution in [-0.4, -0.2) is 33.0 Å². The Morgan fingerprint density at radius 2 is 2.29 bits per heavy atom. The Balaban J connectivity index is 2.07. The Morgan fingerprint density at radius 3 is 2.88 bits per heavy atom. The van der Waals surface area contributed by atoms with E-state index in [-0.39, 0.29) is 11.6 Å². The highest BCUT2D eigenvalue weighted by Gasteiger charge is 2.14. The molecule has 0 bridgehead atoms. The average Bonchev–Trinajstić information content (AvgIpc) is 2.82. The molecule has 0 saturated heterocycles. The summed E-state index contributed by atoms with van der Waals surface area (Å²) in [5.41, 5.74) is 8.27. The van der Waals surface area contributed by atoms with E-state index in [2.05, 4.69) is 15.2 Å². The van der Waals surface area contributed by atoms with E-state index in [1.165, 1.54) is 16.2 Å².